The molecule has 21 heavy (non-hydrogen) atoms. The zero-order valence-electron chi connectivity index (χ0n) is 11.3. The fourth-order valence-electron chi connectivity index (χ4n) is 1.91. The summed E-state index contributed by atoms with van der Waals surface area (Å²) in [6, 6.07) is 1.33. The van der Waals surface area contributed by atoms with E-state index in [1.807, 2.05) is 0 Å². The van der Waals surface area contributed by atoms with E-state index >= 15 is 0 Å². The first-order valence-electron chi connectivity index (χ1n) is 6.46. The van der Waals surface area contributed by atoms with Crippen molar-refractivity contribution in [1.82, 2.24) is 14.9 Å². The van der Waals surface area contributed by atoms with Crippen LogP contribution in [0.25, 0.3) is 0 Å². The number of rotatable bonds is 5. The van der Waals surface area contributed by atoms with Crippen LogP contribution in [0.15, 0.2) is 6.07 Å². The quantitative estimate of drug-likeness (QED) is 0.540. The number of morpholine rings is 1. The van der Waals surface area contributed by atoms with E-state index in [9.17, 15) is 13.2 Å². The van der Waals surface area contributed by atoms with Crippen LogP contribution in [0.2, 0.25) is 0 Å². The Morgan fingerprint density at radius 2 is 1.90 bits per heavy atom. The topological polar surface area (TPSA) is 88.3 Å². The van der Waals surface area contributed by atoms with Crippen LogP contribution >= 0.6 is 0 Å². The number of nitrogens with zero attached hydrogens (tertiary/aromatic N) is 3. The molecule has 0 aromatic carbocycles. The van der Waals surface area contributed by atoms with Crippen LogP contribution in [0, 0.1) is 0 Å². The van der Waals surface area contributed by atoms with Crippen LogP contribution in [-0.2, 0) is 10.9 Å². The fraction of sp³-hybridized carbons (Fsp3) is 0.636. The maximum absolute atomic E-state index is 12.7. The third-order valence-corrected chi connectivity index (χ3v) is 2.97. The molecule has 0 unspecified atom stereocenters. The van der Waals surface area contributed by atoms with Crippen LogP contribution in [-0.4, -0.2) is 54.3 Å². The van der Waals surface area contributed by atoms with E-state index < -0.39 is 12.0 Å². The largest absolute Gasteiger partial charge is 0.451 e. The third kappa shape index (κ3) is 4.69. The van der Waals surface area contributed by atoms with E-state index in [-0.39, 0.29) is 11.6 Å². The second-order valence-electron chi connectivity index (χ2n) is 4.48. The van der Waals surface area contributed by atoms with E-state index in [2.05, 4.69) is 25.6 Å². The predicted octanol–water partition coefficient (Wildman–Crippen LogP) is 0.525. The Labute approximate surface area is 119 Å². The van der Waals surface area contributed by atoms with Gasteiger partial charge in [-0.3, -0.25) is 4.90 Å². The molecule has 0 radical (unpaired) electrons. The van der Waals surface area contributed by atoms with Gasteiger partial charge in [0.25, 0.3) is 0 Å². The number of hydrogen-bond donors (Lipinski definition) is 3. The molecule has 1 aromatic heterocycles. The molecule has 0 amide bonds. The molecule has 0 spiro atoms. The molecule has 10 heteroatoms. The standard InChI is InChI=1S/C11H17F3N6O/c12-11(13,14)10-17-8(7-9(18-10)19-15)16-1-2-20-3-5-21-6-4-20/h7H,1-6,15H2,(H2,16,17,18,19). The normalized spacial score (nSPS) is 16.8. The molecule has 7 nitrogen and oxygen atoms in total. The highest BCUT2D eigenvalue weighted by Gasteiger charge is 2.35. The number of halogens is 3. The summed E-state index contributed by atoms with van der Waals surface area (Å²) in [4.78, 5) is 8.89. The molecule has 1 aromatic rings. The first-order valence-corrected chi connectivity index (χ1v) is 6.46. The van der Waals surface area contributed by atoms with Crippen molar-refractivity contribution in [2.75, 3.05) is 50.1 Å². The van der Waals surface area contributed by atoms with Gasteiger partial charge in [0.15, 0.2) is 0 Å². The van der Waals surface area contributed by atoms with Gasteiger partial charge in [-0.05, 0) is 0 Å². The minimum absolute atomic E-state index is 0.0820. The fourth-order valence-corrected chi connectivity index (χ4v) is 1.91. The summed E-state index contributed by atoms with van der Waals surface area (Å²) < 4.78 is 43.2. The molecule has 1 saturated heterocycles. The zero-order chi connectivity index (χ0) is 15.3. The van der Waals surface area contributed by atoms with Crippen LogP contribution < -0.4 is 16.6 Å². The smallest absolute Gasteiger partial charge is 0.379 e. The SMILES string of the molecule is NNc1cc(NCCN2CCOCC2)nc(C(F)(F)F)n1. The molecular formula is C11H17F3N6O. The molecule has 0 bridgehead atoms. The van der Waals surface area contributed by atoms with E-state index in [0.717, 1.165) is 13.1 Å². The van der Waals surface area contributed by atoms with Crippen LogP contribution in [0.4, 0.5) is 24.8 Å². The van der Waals surface area contributed by atoms with Crippen molar-refractivity contribution in [3.05, 3.63) is 11.9 Å². The number of nitrogen functional groups attached to an aromatic ring is 1. The van der Waals surface area contributed by atoms with Crippen LogP contribution in [0.5, 0.6) is 0 Å². The maximum atomic E-state index is 12.7. The lowest BCUT2D eigenvalue weighted by Crippen LogP contribution is -2.39. The molecular weight excluding hydrogens is 289 g/mol. The summed E-state index contributed by atoms with van der Waals surface area (Å²) in [6.07, 6.45) is -4.62. The lowest BCUT2D eigenvalue weighted by Gasteiger charge is -2.26. The number of alkyl halides is 3. The summed E-state index contributed by atoms with van der Waals surface area (Å²) in [5, 5.41) is 2.85. The predicted molar refractivity (Wildman–Crippen MR) is 70.6 cm³/mol. The Morgan fingerprint density at radius 3 is 2.52 bits per heavy atom. The van der Waals surface area contributed by atoms with Crippen molar-refractivity contribution in [2.45, 2.75) is 6.18 Å². The van der Waals surface area contributed by atoms with Crippen LogP contribution in [0.1, 0.15) is 5.82 Å². The van der Waals surface area contributed by atoms with Gasteiger partial charge >= 0.3 is 6.18 Å². The van der Waals surface area contributed by atoms with Crippen molar-refractivity contribution in [3.8, 4) is 0 Å². The van der Waals surface area contributed by atoms with Gasteiger partial charge in [0.05, 0.1) is 13.2 Å². The first kappa shape index (κ1) is 15.7. The highest BCUT2D eigenvalue weighted by molar-refractivity contribution is 5.47. The minimum atomic E-state index is -4.62. The molecule has 1 aliphatic heterocycles. The Hall–Kier alpha value is -1.65. The number of ether oxygens (including phenoxy) is 1. The summed E-state index contributed by atoms with van der Waals surface area (Å²) in [5.74, 6) is 3.88. The Balaban J connectivity index is 1.95. The second kappa shape index (κ2) is 6.87. The number of nitrogens with two attached hydrogens (primary N) is 1. The molecule has 1 fully saturated rings. The number of hydrogen-bond acceptors (Lipinski definition) is 7. The second-order valence-corrected chi connectivity index (χ2v) is 4.48. The van der Waals surface area contributed by atoms with Gasteiger partial charge in [-0.2, -0.15) is 13.2 Å². The van der Waals surface area contributed by atoms with Gasteiger partial charge in [0.1, 0.15) is 11.6 Å². The summed E-state index contributed by atoms with van der Waals surface area (Å²) in [5.41, 5.74) is 2.10. The molecule has 2 heterocycles. The highest BCUT2D eigenvalue weighted by atomic mass is 19.4. The van der Waals surface area contributed by atoms with Gasteiger partial charge in [-0.15, -0.1) is 0 Å². The molecule has 118 valence electrons. The van der Waals surface area contributed by atoms with Gasteiger partial charge in [-0.25, -0.2) is 15.8 Å². The van der Waals surface area contributed by atoms with Gasteiger partial charge in [0.2, 0.25) is 5.82 Å². The number of nitrogens with one attached hydrogen (secondary N) is 2. The third-order valence-electron chi connectivity index (χ3n) is 2.97. The highest BCUT2D eigenvalue weighted by Crippen LogP contribution is 2.28. The van der Waals surface area contributed by atoms with Crippen molar-refractivity contribution in [3.63, 3.8) is 0 Å². The summed E-state index contributed by atoms with van der Waals surface area (Å²) in [6.45, 7) is 4.14. The Bertz CT molecular complexity index is 464. The van der Waals surface area contributed by atoms with Crippen LogP contribution in [0.3, 0.4) is 0 Å². The van der Waals surface area contributed by atoms with E-state index in [4.69, 9.17) is 10.6 Å². The first-order chi connectivity index (χ1) is 9.99. The van der Waals surface area contributed by atoms with Crippen molar-refractivity contribution in [2.24, 2.45) is 5.84 Å². The average Bonchev–Trinajstić information content (AvgIpc) is 2.47. The number of hydrazine groups is 1. The molecule has 4 N–H and O–H groups in total. The Kier molecular flexibility index (Phi) is 5.15. The maximum Gasteiger partial charge on any atom is 0.451 e. The van der Waals surface area contributed by atoms with Crippen molar-refractivity contribution < 1.29 is 17.9 Å². The Morgan fingerprint density at radius 1 is 1.24 bits per heavy atom. The van der Waals surface area contributed by atoms with Gasteiger partial charge in [0, 0.05) is 32.2 Å². The summed E-state index contributed by atoms with van der Waals surface area (Å²) in [7, 11) is 0. The van der Waals surface area contributed by atoms with Crippen molar-refractivity contribution >= 4 is 11.6 Å². The lowest BCUT2D eigenvalue weighted by molar-refractivity contribution is -0.144. The van der Waals surface area contributed by atoms with Crippen molar-refractivity contribution in [1.29, 1.82) is 0 Å². The zero-order valence-corrected chi connectivity index (χ0v) is 11.3. The minimum Gasteiger partial charge on any atom is -0.379 e. The molecule has 0 saturated carbocycles. The monoisotopic (exact) mass is 306 g/mol. The van der Waals surface area contributed by atoms with Gasteiger partial charge in [-0.1, -0.05) is 0 Å². The summed E-state index contributed by atoms with van der Waals surface area (Å²) >= 11 is 0. The number of aromatic nitrogens is 2. The number of anilines is 2. The average molecular weight is 306 g/mol. The molecule has 2 rings (SSSR count). The van der Waals surface area contributed by atoms with E-state index in [0.29, 0.717) is 26.3 Å². The lowest BCUT2D eigenvalue weighted by atomic mass is 10.4. The van der Waals surface area contributed by atoms with E-state index in [1.165, 1.54) is 6.07 Å². The van der Waals surface area contributed by atoms with E-state index in [1.54, 1.807) is 0 Å². The molecule has 0 aliphatic carbocycles. The molecule has 0 atom stereocenters. The molecule has 1 aliphatic rings. The van der Waals surface area contributed by atoms with Gasteiger partial charge < -0.3 is 15.5 Å².